The number of carboxylic acid groups (broad SMARTS) is 1. The molecule has 0 amide bonds. The summed E-state index contributed by atoms with van der Waals surface area (Å²) in [6.45, 7) is 1.63. The summed E-state index contributed by atoms with van der Waals surface area (Å²) in [7, 11) is 1.29. The van der Waals surface area contributed by atoms with Gasteiger partial charge in [0.05, 0.1) is 18.4 Å². The van der Waals surface area contributed by atoms with E-state index < -0.39 is 11.9 Å². The van der Waals surface area contributed by atoms with Crippen molar-refractivity contribution in [2.24, 2.45) is 0 Å². The second kappa shape index (κ2) is 6.02. The van der Waals surface area contributed by atoms with Gasteiger partial charge in [0, 0.05) is 6.20 Å². The van der Waals surface area contributed by atoms with Crippen LogP contribution in [-0.2, 0) is 4.74 Å². The van der Waals surface area contributed by atoms with E-state index >= 15 is 0 Å². The number of esters is 1. The van der Waals surface area contributed by atoms with E-state index in [2.05, 4.69) is 14.7 Å². The first-order chi connectivity index (χ1) is 9.52. The number of thiazole rings is 1. The number of ether oxygens (including phenoxy) is 1. The van der Waals surface area contributed by atoms with Crippen molar-refractivity contribution in [3.05, 3.63) is 34.5 Å². The Hall–Kier alpha value is -1.93. The van der Waals surface area contributed by atoms with Crippen LogP contribution in [0.15, 0.2) is 27.7 Å². The van der Waals surface area contributed by atoms with Gasteiger partial charge in [0.2, 0.25) is 0 Å². The van der Waals surface area contributed by atoms with Gasteiger partial charge >= 0.3 is 11.9 Å². The number of carboxylic acids is 1. The van der Waals surface area contributed by atoms with E-state index in [0.29, 0.717) is 20.6 Å². The highest BCUT2D eigenvalue weighted by Gasteiger charge is 2.18. The van der Waals surface area contributed by atoms with Crippen LogP contribution in [0, 0.1) is 6.92 Å². The number of carbonyl (C=O) groups excluding carboxylic acids is 1. The highest BCUT2D eigenvalue weighted by Crippen LogP contribution is 2.33. The minimum absolute atomic E-state index is 0.183. The van der Waals surface area contributed by atoms with Crippen molar-refractivity contribution < 1.29 is 19.4 Å². The molecule has 1 N–H and O–H groups in total. The standard InChI is InChI=1S/C12H10N2O4S2/c1-6-8(10(15)16)19-12(14-6)20-9-7(11(17)18-2)4-3-5-13-9/h3-5H,1-2H3,(H,15,16). The smallest absolute Gasteiger partial charge is 0.347 e. The Morgan fingerprint density at radius 3 is 2.80 bits per heavy atom. The normalized spacial score (nSPS) is 10.3. The molecule has 0 saturated heterocycles. The number of pyridine rings is 1. The number of aromatic carboxylic acids is 1. The van der Waals surface area contributed by atoms with Crippen molar-refractivity contribution in [1.82, 2.24) is 9.97 Å². The lowest BCUT2D eigenvalue weighted by Gasteiger charge is -2.03. The summed E-state index contributed by atoms with van der Waals surface area (Å²) in [5.41, 5.74) is 0.769. The van der Waals surface area contributed by atoms with Crippen LogP contribution < -0.4 is 0 Å². The van der Waals surface area contributed by atoms with Gasteiger partial charge in [-0.05, 0) is 30.8 Å². The van der Waals surface area contributed by atoms with Crippen LogP contribution in [0.4, 0.5) is 0 Å². The zero-order valence-corrected chi connectivity index (χ0v) is 12.2. The first kappa shape index (κ1) is 14.5. The lowest BCUT2D eigenvalue weighted by atomic mass is 10.3. The second-order valence-corrected chi connectivity index (χ2v) is 5.88. The van der Waals surface area contributed by atoms with Crippen LogP contribution >= 0.6 is 23.1 Å². The molecular formula is C12H10N2O4S2. The molecule has 0 spiro atoms. The molecule has 8 heteroatoms. The fraction of sp³-hybridized carbons (Fsp3) is 0.167. The molecule has 0 bridgehead atoms. The van der Waals surface area contributed by atoms with E-state index in [0.717, 1.165) is 23.1 Å². The Kier molecular flexibility index (Phi) is 4.35. The van der Waals surface area contributed by atoms with Gasteiger partial charge in [-0.25, -0.2) is 19.6 Å². The van der Waals surface area contributed by atoms with E-state index in [4.69, 9.17) is 5.11 Å². The minimum Gasteiger partial charge on any atom is -0.477 e. The molecular weight excluding hydrogens is 300 g/mol. The van der Waals surface area contributed by atoms with Gasteiger partial charge < -0.3 is 9.84 Å². The molecule has 20 heavy (non-hydrogen) atoms. The molecule has 6 nitrogen and oxygen atoms in total. The van der Waals surface area contributed by atoms with Crippen LogP contribution in [-0.4, -0.2) is 34.1 Å². The summed E-state index contributed by atoms with van der Waals surface area (Å²) in [6.07, 6.45) is 1.55. The van der Waals surface area contributed by atoms with Gasteiger partial charge in [-0.2, -0.15) is 0 Å². The molecule has 0 aliphatic rings. The van der Waals surface area contributed by atoms with Gasteiger partial charge in [-0.1, -0.05) is 11.3 Å². The van der Waals surface area contributed by atoms with Crippen molar-refractivity contribution in [1.29, 1.82) is 0 Å². The van der Waals surface area contributed by atoms with Gasteiger partial charge in [-0.15, -0.1) is 0 Å². The molecule has 0 aliphatic heterocycles. The maximum Gasteiger partial charge on any atom is 0.347 e. The third kappa shape index (κ3) is 2.97. The molecule has 2 rings (SSSR count). The van der Waals surface area contributed by atoms with E-state index in [1.54, 1.807) is 25.3 Å². The first-order valence-corrected chi connectivity index (χ1v) is 7.08. The molecule has 0 saturated carbocycles. The lowest BCUT2D eigenvalue weighted by Crippen LogP contribution is -2.03. The summed E-state index contributed by atoms with van der Waals surface area (Å²) < 4.78 is 5.20. The average Bonchev–Trinajstić information content (AvgIpc) is 2.79. The lowest BCUT2D eigenvalue weighted by molar-refractivity contribution is 0.0595. The van der Waals surface area contributed by atoms with Gasteiger partial charge in [0.1, 0.15) is 9.90 Å². The van der Waals surface area contributed by atoms with Gasteiger partial charge in [-0.3, -0.25) is 0 Å². The van der Waals surface area contributed by atoms with E-state index in [9.17, 15) is 9.59 Å². The molecule has 0 aromatic carbocycles. The Morgan fingerprint density at radius 2 is 2.20 bits per heavy atom. The SMILES string of the molecule is COC(=O)c1cccnc1Sc1nc(C)c(C(=O)O)s1. The molecule has 2 aromatic heterocycles. The number of hydrogen-bond acceptors (Lipinski definition) is 7. The summed E-state index contributed by atoms with van der Waals surface area (Å²) in [5.74, 6) is -1.51. The van der Waals surface area contributed by atoms with Crippen molar-refractivity contribution in [3.8, 4) is 0 Å². The highest BCUT2D eigenvalue weighted by molar-refractivity contribution is 8.01. The van der Waals surface area contributed by atoms with E-state index in [1.807, 2.05) is 0 Å². The first-order valence-electron chi connectivity index (χ1n) is 5.45. The molecule has 0 atom stereocenters. The second-order valence-electron chi connectivity index (χ2n) is 3.65. The average molecular weight is 310 g/mol. The summed E-state index contributed by atoms with van der Waals surface area (Å²) >= 11 is 2.19. The van der Waals surface area contributed by atoms with Crippen LogP contribution in [0.25, 0.3) is 0 Å². The van der Waals surface area contributed by atoms with Crippen molar-refractivity contribution in [3.63, 3.8) is 0 Å². The van der Waals surface area contributed by atoms with Crippen molar-refractivity contribution in [2.45, 2.75) is 16.3 Å². The maximum atomic E-state index is 11.6. The molecule has 0 fully saturated rings. The van der Waals surface area contributed by atoms with Crippen LogP contribution in [0.2, 0.25) is 0 Å². The van der Waals surface area contributed by atoms with E-state index in [-0.39, 0.29) is 4.88 Å². The largest absolute Gasteiger partial charge is 0.477 e. The fourth-order valence-corrected chi connectivity index (χ4v) is 3.45. The molecule has 0 unspecified atom stereocenters. The zero-order valence-electron chi connectivity index (χ0n) is 10.6. The van der Waals surface area contributed by atoms with E-state index in [1.165, 1.54) is 7.11 Å². The Labute approximate surface area is 122 Å². The van der Waals surface area contributed by atoms with Gasteiger partial charge in [0.15, 0.2) is 4.34 Å². The molecule has 2 aromatic rings. The summed E-state index contributed by atoms with van der Waals surface area (Å²) in [4.78, 5) is 31.1. The third-order valence-electron chi connectivity index (χ3n) is 2.33. The number of aryl methyl sites for hydroxylation is 1. The Bertz CT molecular complexity index is 669. The topological polar surface area (TPSA) is 89.4 Å². The zero-order chi connectivity index (χ0) is 14.7. The van der Waals surface area contributed by atoms with Crippen molar-refractivity contribution in [2.75, 3.05) is 7.11 Å². The van der Waals surface area contributed by atoms with Crippen LogP contribution in [0.1, 0.15) is 25.7 Å². The fourth-order valence-electron chi connectivity index (χ4n) is 1.43. The quantitative estimate of drug-likeness (QED) is 0.868. The monoisotopic (exact) mass is 310 g/mol. The molecule has 2 heterocycles. The Morgan fingerprint density at radius 1 is 1.45 bits per heavy atom. The maximum absolute atomic E-state index is 11.6. The summed E-state index contributed by atoms with van der Waals surface area (Å²) in [6, 6.07) is 3.23. The van der Waals surface area contributed by atoms with Gasteiger partial charge in [0.25, 0.3) is 0 Å². The predicted octanol–water partition coefficient (Wildman–Crippen LogP) is 2.48. The van der Waals surface area contributed by atoms with Crippen molar-refractivity contribution >= 4 is 35.0 Å². The number of carbonyl (C=O) groups is 2. The number of nitrogens with zero attached hydrogens (tertiary/aromatic N) is 2. The number of rotatable bonds is 4. The Balaban J connectivity index is 2.33. The number of methoxy groups -OCH3 is 1. The minimum atomic E-state index is -1.01. The van der Waals surface area contributed by atoms with Crippen LogP contribution in [0.5, 0.6) is 0 Å². The molecule has 0 aliphatic carbocycles. The number of aromatic nitrogens is 2. The third-order valence-corrected chi connectivity index (χ3v) is 4.56. The molecule has 104 valence electrons. The van der Waals surface area contributed by atoms with Crippen LogP contribution in [0.3, 0.4) is 0 Å². The molecule has 0 radical (unpaired) electrons. The predicted molar refractivity (Wildman–Crippen MR) is 73.5 cm³/mol. The summed E-state index contributed by atoms with van der Waals surface area (Å²) in [5, 5.41) is 9.43. The number of hydrogen-bond donors (Lipinski definition) is 1. The highest BCUT2D eigenvalue weighted by atomic mass is 32.2.